The van der Waals surface area contributed by atoms with Crippen molar-refractivity contribution in [3.05, 3.63) is 52.6 Å². The molecule has 0 saturated heterocycles. The second-order valence-electron chi connectivity index (χ2n) is 7.32. The third-order valence-corrected chi connectivity index (χ3v) is 5.00. The molecule has 0 unspecified atom stereocenters. The summed E-state index contributed by atoms with van der Waals surface area (Å²) < 4.78 is 0. The summed E-state index contributed by atoms with van der Waals surface area (Å²) in [6, 6.07) is 6.83. The highest BCUT2D eigenvalue weighted by Crippen LogP contribution is 2.24. The third kappa shape index (κ3) is 5.32. The molecule has 0 fully saturated rings. The summed E-state index contributed by atoms with van der Waals surface area (Å²) in [7, 11) is 0. The summed E-state index contributed by atoms with van der Waals surface area (Å²) >= 11 is 0. The Labute approximate surface area is 147 Å². The Kier molecular flexibility index (Phi) is 7.26. The van der Waals surface area contributed by atoms with Crippen molar-refractivity contribution in [3.63, 3.8) is 0 Å². The van der Waals surface area contributed by atoms with E-state index >= 15 is 0 Å². The van der Waals surface area contributed by atoms with Crippen molar-refractivity contribution in [1.29, 1.82) is 0 Å². The summed E-state index contributed by atoms with van der Waals surface area (Å²) in [6.07, 6.45) is 16.4. The molecule has 2 heteroatoms. The first-order chi connectivity index (χ1) is 11.6. The molecule has 0 radical (unpaired) electrons. The maximum absolute atomic E-state index is 9.47. The van der Waals surface area contributed by atoms with E-state index in [1.165, 1.54) is 61.6 Å². The number of nitrogens with two attached hydrogens (primary N) is 1. The second kappa shape index (κ2) is 9.19. The third-order valence-electron chi connectivity index (χ3n) is 5.00. The lowest BCUT2D eigenvalue weighted by Gasteiger charge is -2.23. The Bertz CT molecular complexity index is 584. The zero-order valence-electron chi connectivity index (χ0n) is 15.4. The Morgan fingerprint density at radius 1 is 1.08 bits per heavy atom. The number of rotatable bonds is 9. The van der Waals surface area contributed by atoms with Crippen molar-refractivity contribution < 1.29 is 5.11 Å². The van der Waals surface area contributed by atoms with E-state index in [9.17, 15) is 5.11 Å². The highest BCUT2D eigenvalue weighted by molar-refractivity contribution is 5.61. The zero-order valence-corrected chi connectivity index (χ0v) is 15.4. The normalized spacial score (nSPS) is 16.2. The standard InChI is InChI=1S/C22H33NO/c1-3-4-5-6-7-8-9-18-10-11-19-12-14-21(22(2,23)17-24)15-13-20(19)16-18/h10-12,14-16,24H,3-9,13,17,23H2,1-2H3/t22-/m1/s1. The van der Waals surface area contributed by atoms with Crippen molar-refractivity contribution in [1.82, 2.24) is 0 Å². The highest BCUT2D eigenvalue weighted by atomic mass is 16.3. The first kappa shape index (κ1) is 19.0. The van der Waals surface area contributed by atoms with E-state index in [-0.39, 0.29) is 6.61 Å². The molecule has 0 heterocycles. The molecule has 3 N–H and O–H groups in total. The van der Waals surface area contributed by atoms with Gasteiger partial charge in [-0.1, -0.05) is 75.5 Å². The monoisotopic (exact) mass is 327 g/mol. The van der Waals surface area contributed by atoms with Crippen molar-refractivity contribution >= 4 is 6.08 Å². The van der Waals surface area contributed by atoms with Crippen LogP contribution in [-0.2, 0) is 12.8 Å². The van der Waals surface area contributed by atoms with Gasteiger partial charge in [-0.05, 0) is 48.4 Å². The Hall–Kier alpha value is -1.38. The minimum absolute atomic E-state index is 0.0389. The first-order valence-corrected chi connectivity index (χ1v) is 9.47. The van der Waals surface area contributed by atoms with Gasteiger partial charge in [-0.25, -0.2) is 0 Å². The van der Waals surface area contributed by atoms with Gasteiger partial charge in [-0.2, -0.15) is 0 Å². The Balaban J connectivity index is 1.95. The molecular formula is C22H33NO. The molecule has 24 heavy (non-hydrogen) atoms. The van der Waals surface area contributed by atoms with Gasteiger partial charge in [0.2, 0.25) is 0 Å². The van der Waals surface area contributed by atoms with Crippen LogP contribution in [0.15, 0.2) is 35.9 Å². The smallest absolute Gasteiger partial charge is 0.0650 e. The van der Waals surface area contributed by atoms with Crippen molar-refractivity contribution in [2.75, 3.05) is 6.61 Å². The maximum Gasteiger partial charge on any atom is 0.0650 e. The van der Waals surface area contributed by atoms with Gasteiger partial charge in [0.25, 0.3) is 0 Å². The number of fused-ring (bicyclic) bond motifs is 1. The lowest BCUT2D eigenvalue weighted by Crippen LogP contribution is -2.41. The molecule has 0 spiro atoms. The van der Waals surface area contributed by atoms with Crippen LogP contribution in [0.4, 0.5) is 0 Å². The Morgan fingerprint density at radius 2 is 1.83 bits per heavy atom. The molecule has 1 atom stereocenters. The summed E-state index contributed by atoms with van der Waals surface area (Å²) in [5.41, 5.74) is 10.6. The van der Waals surface area contributed by atoms with Gasteiger partial charge in [0.15, 0.2) is 0 Å². The maximum atomic E-state index is 9.47. The average Bonchev–Trinajstić information content (AvgIpc) is 2.80. The largest absolute Gasteiger partial charge is 0.394 e. The molecule has 1 aromatic rings. The number of allylic oxidation sites excluding steroid dienone is 1. The number of aliphatic hydroxyl groups excluding tert-OH is 1. The predicted molar refractivity (Wildman–Crippen MR) is 104 cm³/mol. The van der Waals surface area contributed by atoms with Crippen LogP contribution in [0.2, 0.25) is 0 Å². The van der Waals surface area contributed by atoms with Crippen LogP contribution in [-0.4, -0.2) is 17.3 Å². The van der Waals surface area contributed by atoms with E-state index in [0.717, 1.165) is 12.0 Å². The lowest BCUT2D eigenvalue weighted by atomic mass is 9.93. The van der Waals surface area contributed by atoms with E-state index in [4.69, 9.17) is 5.73 Å². The van der Waals surface area contributed by atoms with Crippen molar-refractivity contribution in [2.45, 2.75) is 70.8 Å². The number of unbranched alkanes of at least 4 members (excludes halogenated alkanes) is 5. The van der Waals surface area contributed by atoms with E-state index in [1.54, 1.807) is 0 Å². The molecule has 1 aromatic carbocycles. The minimum atomic E-state index is -0.667. The van der Waals surface area contributed by atoms with E-state index in [2.05, 4.69) is 43.4 Å². The van der Waals surface area contributed by atoms with Crippen LogP contribution >= 0.6 is 0 Å². The first-order valence-electron chi connectivity index (χ1n) is 9.47. The predicted octanol–water partition coefficient (Wildman–Crippen LogP) is 4.80. The van der Waals surface area contributed by atoms with Gasteiger partial charge in [0.05, 0.1) is 12.1 Å². The SMILES string of the molecule is CCCCCCCCc1ccc2c(c1)CC=C([C@](C)(N)CO)C=C2. The number of benzene rings is 1. The average molecular weight is 328 g/mol. The molecule has 0 aliphatic heterocycles. The molecule has 1 aliphatic rings. The van der Waals surface area contributed by atoms with Crippen LogP contribution in [0.1, 0.15) is 69.1 Å². The summed E-state index contributed by atoms with van der Waals surface area (Å²) in [5, 5.41) is 9.47. The summed E-state index contributed by atoms with van der Waals surface area (Å²) in [6.45, 7) is 4.10. The number of aryl methyl sites for hydroxylation is 1. The van der Waals surface area contributed by atoms with Crippen LogP contribution in [0.25, 0.3) is 6.08 Å². The number of aliphatic hydroxyl groups is 1. The molecule has 2 rings (SSSR count). The van der Waals surface area contributed by atoms with E-state index < -0.39 is 5.54 Å². The molecule has 0 amide bonds. The lowest BCUT2D eigenvalue weighted by molar-refractivity contribution is 0.233. The van der Waals surface area contributed by atoms with Gasteiger partial charge in [-0.3, -0.25) is 0 Å². The van der Waals surface area contributed by atoms with Gasteiger partial charge < -0.3 is 10.8 Å². The van der Waals surface area contributed by atoms with Gasteiger partial charge in [0, 0.05) is 0 Å². The fraction of sp³-hybridized carbons (Fsp3) is 0.545. The molecule has 0 aromatic heterocycles. The summed E-state index contributed by atoms with van der Waals surface area (Å²) in [5.74, 6) is 0. The van der Waals surface area contributed by atoms with Gasteiger partial charge in [0.1, 0.15) is 0 Å². The summed E-state index contributed by atoms with van der Waals surface area (Å²) in [4.78, 5) is 0. The Morgan fingerprint density at radius 3 is 2.58 bits per heavy atom. The van der Waals surface area contributed by atoms with E-state index in [0.29, 0.717) is 0 Å². The highest BCUT2D eigenvalue weighted by Gasteiger charge is 2.21. The fourth-order valence-corrected chi connectivity index (χ4v) is 3.25. The van der Waals surface area contributed by atoms with E-state index in [1.807, 2.05) is 6.92 Å². The number of hydrogen-bond acceptors (Lipinski definition) is 2. The van der Waals surface area contributed by atoms with Crippen LogP contribution in [0, 0.1) is 0 Å². The molecular weight excluding hydrogens is 294 g/mol. The molecule has 0 saturated carbocycles. The molecule has 0 bridgehead atoms. The van der Waals surface area contributed by atoms with Crippen LogP contribution in [0.3, 0.4) is 0 Å². The van der Waals surface area contributed by atoms with Crippen molar-refractivity contribution in [3.8, 4) is 0 Å². The second-order valence-corrected chi connectivity index (χ2v) is 7.32. The van der Waals surface area contributed by atoms with Crippen LogP contribution < -0.4 is 5.73 Å². The van der Waals surface area contributed by atoms with Crippen molar-refractivity contribution in [2.24, 2.45) is 5.73 Å². The topological polar surface area (TPSA) is 46.2 Å². The quantitative estimate of drug-likeness (QED) is 0.640. The molecule has 132 valence electrons. The number of hydrogen-bond donors (Lipinski definition) is 2. The molecule has 1 aliphatic carbocycles. The van der Waals surface area contributed by atoms with Crippen LogP contribution in [0.5, 0.6) is 0 Å². The molecule has 2 nitrogen and oxygen atoms in total. The van der Waals surface area contributed by atoms with Gasteiger partial charge >= 0.3 is 0 Å². The fourth-order valence-electron chi connectivity index (χ4n) is 3.25. The minimum Gasteiger partial charge on any atom is -0.394 e. The van der Waals surface area contributed by atoms with Gasteiger partial charge in [-0.15, -0.1) is 0 Å². The zero-order chi connectivity index (χ0) is 17.4.